The van der Waals surface area contributed by atoms with Gasteiger partial charge in [0.2, 0.25) is 5.95 Å². The number of aromatic nitrogens is 2. The van der Waals surface area contributed by atoms with Crippen LogP contribution in [0, 0.1) is 0 Å². The van der Waals surface area contributed by atoms with Crippen molar-refractivity contribution in [1.82, 2.24) is 9.97 Å². The molecule has 0 radical (unpaired) electrons. The Kier molecular flexibility index (Phi) is 6.63. The van der Waals surface area contributed by atoms with E-state index in [0.717, 1.165) is 69.5 Å². The van der Waals surface area contributed by atoms with Crippen molar-refractivity contribution >= 4 is 17.7 Å². The number of aliphatic carboxylic acids is 1. The smallest absolute Gasteiger partial charge is 0.341 e. The molecule has 1 aromatic heterocycles. The number of piperidine rings is 1. The van der Waals surface area contributed by atoms with E-state index in [9.17, 15) is 9.59 Å². The van der Waals surface area contributed by atoms with E-state index in [1.165, 1.54) is 11.1 Å². The van der Waals surface area contributed by atoms with Gasteiger partial charge in [0.05, 0.1) is 5.56 Å². The van der Waals surface area contributed by atoms with Crippen LogP contribution in [-0.4, -0.2) is 54.3 Å². The molecule has 4 rings (SSSR count). The molecule has 2 N–H and O–H groups in total. The van der Waals surface area contributed by atoms with Gasteiger partial charge in [0.25, 0.3) is 5.56 Å². The summed E-state index contributed by atoms with van der Waals surface area (Å²) >= 11 is 0. The number of aryl methyl sites for hydroxylation is 1. The molecular formula is C25H34N4O4. The number of nitrogens with one attached hydrogen (secondary N) is 1. The molecule has 2 aliphatic heterocycles. The van der Waals surface area contributed by atoms with Crippen LogP contribution >= 0.6 is 0 Å². The molecule has 8 nitrogen and oxygen atoms in total. The maximum absolute atomic E-state index is 12.7. The van der Waals surface area contributed by atoms with Crippen LogP contribution in [0.15, 0.2) is 23.0 Å². The average molecular weight is 455 g/mol. The lowest BCUT2D eigenvalue weighted by molar-refractivity contribution is -0.139. The third-order valence-electron chi connectivity index (χ3n) is 7.04. The van der Waals surface area contributed by atoms with Gasteiger partial charge < -0.3 is 19.6 Å². The van der Waals surface area contributed by atoms with Crippen molar-refractivity contribution in [3.05, 3.63) is 45.2 Å². The number of rotatable bonds is 7. The van der Waals surface area contributed by atoms with Gasteiger partial charge in [-0.3, -0.25) is 9.78 Å². The fourth-order valence-corrected chi connectivity index (χ4v) is 5.12. The van der Waals surface area contributed by atoms with Crippen molar-refractivity contribution in [2.75, 3.05) is 43.1 Å². The Labute approximate surface area is 194 Å². The minimum absolute atomic E-state index is 0.00236. The third-order valence-corrected chi connectivity index (χ3v) is 7.04. The molecule has 0 saturated carbocycles. The number of anilines is 2. The van der Waals surface area contributed by atoms with Gasteiger partial charge in [-0.25, -0.2) is 4.79 Å². The Hall–Kier alpha value is -3.03. The zero-order valence-electron chi connectivity index (χ0n) is 19.8. The Bertz CT molecular complexity index is 1070. The summed E-state index contributed by atoms with van der Waals surface area (Å²) in [7, 11) is 2.00. The lowest BCUT2D eigenvalue weighted by Gasteiger charge is -2.41. The van der Waals surface area contributed by atoms with Gasteiger partial charge in [-0.2, -0.15) is 4.98 Å². The van der Waals surface area contributed by atoms with E-state index in [1.54, 1.807) is 0 Å². The molecule has 0 atom stereocenters. The van der Waals surface area contributed by atoms with Crippen LogP contribution in [0.1, 0.15) is 56.2 Å². The first kappa shape index (κ1) is 23.1. The van der Waals surface area contributed by atoms with E-state index < -0.39 is 5.97 Å². The van der Waals surface area contributed by atoms with Crippen LogP contribution in [0.25, 0.3) is 0 Å². The summed E-state index contributed by atoms with van der Waals surface area (Å²) in [4.78, 5) is 35.6. The topological polar surface area (TPSA) is 98.8 Å². The summed E-state index contributed by atoms with van der Waals surface area (Å²) in [6, 6.07) is 5.98. The number of carboxylic acid groups (broad SMARTS) is 1. The standard InChI is InChI=1S/C25H34N4O4/c1-4-6-17-15-18(33-16-21(30)31)8-9-20(17)25(2)10-13-29(14-11-25)24-26-22-19(23(32)27-24)7-5-12-28(22)3/h8-9,15H,4-7,10-14,16H2,1-3H3,(H,30,31)(H,26,27,32). The number of nitrogens with zero attached hydrogens (tertiary/aromatic N) is 3. The molecule has 33 heavy (non-hydrogen) atoms. The summed E-state index contributed by atoms with van der Waals surface area (Å²) in [5.41, 5.74) is 3.30. The largest absolute Gasteiger partial charge is 0.482 e. The number of hydrogen-bond donors (Lipinski definition) is 2. The molecule has 0 amide bonds. The van der Waals surface area contributed by atoms with Gasteiger partial charge >= 0.3 is 5.97 Å². The van der Waals surface area contributed by atoms with E-state index in [0.29, 0.717) is 11.7 Å². The molecule has 1 saturated heterocycles. The number of hydrogen-bond acceptors (Lipinski definition) is 6. The average Bonchev–Trinajstić information content (AvgIpc) is 2.79. The van der Waals surface area contributed by atoms with E-state index in [-0.39, 0.29) is 17.6 Å². The first-order valence-corrected chi connectivity index (χ1v) is 11.9. The van der Waals surface area contributed by atoms with Gasteiger partial charge in [-0.1, -0.05) is 26.3 Å². The Morgan fingerprint density at radius 2 is 2.03 bits per heavy atom. The van der Waals surface area contributed by atoms with Crippen molar-refractivity contribution in [1.29, 1.82) is 0 Å². The molecule has 178 valence electrons. The first-order valence-electron chi connectivity index (χ1n) is 11.9. The minimum atomic E-state index is -0.976. The maximum atomic E-state index is 12.7. The highest BCUT2D eigenvalue weighted by Crippen LogP contribution is 2.39. The summed E-state index contributed by atoms with van der Waals surface area (Å²) in [5.74, 6) is 1.11. The van der Waals surface area contributed by atoms with E-state index in [4.69, 9.17) is 14.8 Å². The molecular weight excluding hydrogens is 420 g/mol. The minimum Gasteiger partial charge on any atom is -0.482 e. The molecule has 0 unspecified atom stereocenters. The van der Waals surface area contributed by atoms with Gasteiger partial charge in [0.15, 0.2) is 6.61 Å². The Morgan fingerprint density at radius 1 is 1.27 bits per heavy atom. The lowest BCUT2D eigenvalue weighted by atomic mass is 9.72. The summed E-state index contributed by atoms with van der Waals surface area (Å²) in [5, 5.41) is 8.90. The number of carbonyl (C=O) groups is 1. The lowest BCUT2D eigenvalue weighted by Crippen LogP contribution is -2.43. The molecule has 8 heteroatoms. The molecule has 0 spiro atoms. The number of H-pyrrole nitrogens is 1. The first-order chi connectivity index (χ1) is 15.8. The van der Waals surface area contributed by atoms with E-state index in [1.807, 2.05) is 19.2 Å². The zero-order chi connectivity index (χ0) is 23.6. The van der Waals surface area contributed by atoms with Crippen LogP contribution in [0.3, 0.4) is 0 Å². The van der Waals surface area contributed by atoms with Crippen LogP contribution in [0.5, 0.6) is 5.75 Å². The van der Waals surface area contributed by atoms with Crippen molar-refractivity contribution in [3.8, 4) is 5.75 Å². The van der Waals surface area contributed by atoms with Crippen LogP contribution in [-0.2, 0) is 23.1 Å². The molecule has 2 aliphatic rings. The zero-order valence-corrected chi connectivity index (χ0v) is 19.8. The highest BCUT2D eigenvalue weighted by molar-refractivity contribution is 5.68. The van der Waals surface area contributed by atoms with Gasteiger partial charge in [0.1, 0.15) is 11.6 Å². The number of ether oxygens (including phenoxy) is 1. The Balaban J connectivity index is 1.53. The number of benzene rings is 1. The number of carboxylic acids is 1. The second kappa shape index (κ2) is 9.45. The monoisotopic (exact) mass is 454 g/mol. The van der Waals surface area contributed by atoms with Gasteiger partial charge in [-0.15, -0.1) is 0 Å². The van der Waals surface area contributed by atoms with Crippen molar-refractivity contribution < 1.29 is 14.6 Å². The summed E-state index contributed by atoms with van der Waals surface area (Å²) in [6.45, 7) is 6.66. The summed E-state index contributed by atoms with van der Waals surface area (Å²) in [6.07, 6.45) is 5.57. The maximum Gasteiger partial charge on any atom is 0.341 e. The predicted molar refractivity (Wildman–Crippen MR) is 129 cm³/mol. The quantitative estimate of drug-likeness (QED) is 0.663. The van der Waals surface area contributed by atoms with Crippen LogP contribution in [0.4, 0.5) is 11.8 Å². The fourth-order valence-electron chi connectivity index (χ4n) is 5.12. The van der Waals surface area contributed by atoms with Gasteiger partial charge in [-0.05, 0) is 60.8 Å². The predicted octanol–water partition coefficient (Wildman–Crippen LogP) is 3.13. The van der Waals surface area contributed by atoms with Crippen LogP contribution < -0.4 is 20.1 Å². The molecule has 1 fully saturated rings. The highest BCUT2D eigenvalue weighted by Gasteiger charge is 2.34. The van der Waals surface area contributed by atoms with Crippen molar-refractivity contribution in [2.24, 2.45) is 0 Å². The highest BCUT2D eigenvalue weighted by atomic mass is 16.5. The molecule has 0 bridgehead atoms. The second-order valence-electron chi connectivity index (χ2n) is 9.52. The second-order valence-corrected chi connectivity index (χ2v) is 9.52. The van der Waals surface area contributed by atoms with Crippen molar-refractivity contribution in [2.45, 2.75) is 57.8 Å². The van der Waals surface area contributed by atoms with Crippen LogP contribution in [0.2, 0.25) is 0 Å². The third kappa shape index (κ3) is 4.84. The van der Waals surface area contributed by atoms with E-state index in [2.05, 4.69) is 34.7 Å². The molecule has 2 aromatic rings. The fraction of sp³-hybridized carbons (Fsp3) is 0.560. The van der Waals surface area contributed by atoms with E-state index >= 15 is 0 Å². The number of aromatic amines is 1. The summed E-state index contributed by atoms with van der Waals surface area (Å²) < 4.78 is 5.42. The molecule has 1 aromatic carbocycles. The Morgan fingerprint density at radius 3 is 2.73 bits per heavy atom. The molecule has 3 heterocycles. The van der Waals surface area contributed by atoms with Crippen molar-refractivity contribution in [3.63, 3.8) is 0 Å². The van der Waals surface area contributed by atoms with Gasteiger partial charge in [0, 0.05) is 26.7 Å². The normalized spacial score (nSPS) is 17.5. The number of fused-ring (bicyclic) bond motifs is 1. The SMILES string of the molecule is CCCc1cc(OCC(=O)O)ccc1C1(C)CCN(c2nc3c(c(=O)[nH]2)CCCN3C)CC1. The molecule has 0 aliphatic carbocycles.